The van der Waals surface area contributed by atoms with Crippen molar-refractivity contribution in [2.45, 2.75) is 37.8 Å². The molecule has 33 heavy (non-hydrogen) atoms. The molecule has 0 aliphatic carbocycles. The minimum Gasteiger partial charge on any atom is -0.459 e. The Morgan fingerprint density at radius 1 is 1.36 bits per heavy atom. The van der Waals surface area contributed by atoms with Crippen molar-refractivity contribution in [3.63, 3.8) is 0 Å². The lowest BCUT2D eigenvalue weighted by Crippen LogP contribution is -2.40. The zero-order valence-corrected chi connectivity index (χ0v) is 23.6. The quantitative estimate of drug-likeness (QED) is 0.222. The summed E-state index contributed by atoms with van der Waals surface area (Å²) in [4.78, 5) is 32.9. The Morgan fingerprint density at radius 2 is 2.06 bits per heavy atom. The maximum atomic E-state index is 13.6. The molecular weight excluding hydrogens is 639 g/mol. The van der Waals surface area contributed by atoms with E-state index in [1.165, 1.54) is 11.3 Å². The van der Waals surface area contributed by atoms with E-state index >= 15 is 0 Å². The number of halogens is 2. The van der Waals surface area contributed by atoms with Gasteiger partial charge in [-0.1, -0.05) is 23.5 Å². The van der Waals surface area contributed by atoms with Gasteiger partial charge < -0.3 is 9.15 Å². The molecule has 1 atom stereocenters. The molecule has 172 valence electrons. The van der Waals surface area contributed by atoms with Crippen LogP contribution < -0.4 is 14.9 Å². The topological polar surface area (TPSA) is 73.8 Å². The number of nitrogens with zero attached hydrogens (tertiary/aromatic N) is 2. The van der Waals surface area contributed by atoms with Crippen LogP contribution in [-0.2, 0) is 9.53 Å². The summed E-state index contributed by atoms with van der Waals surface area (Å²) >= 11 is 8.41. The number of fused-ring (bicyclic) bond motifs is 1. The van der Waals surface area contributed by atoms with Crippen LogP contribution in [0, 0.1) is 3.77 Å². The van der Waals surface area contributed by atoms with E-state index < -0.39 is 12.0 Å². The largest absolute Gasteiger partial charge is 0.459 e. The molecule has 3 aromatic rings. The minimum absolute atomic E-state index is 0.234. The summed E-state index contributed by atoms with van der Waals surface area (Å²) in [7, 11) is 0. The number of hydrogen-bond acceptors (Lipinski definition) is 7. The van der Waals surface area contributed by atoms with Gasteiger partial charge in [0.15, 0.2) is 8.57 Å². The number of carbonyl (C=O) groups excluding carboxylic acids is 1. The van der Waals surface area contributed by atoms with Crippen LogP contribution in [0.2, 0.25) is 0 Å². The van der Waals surface area contributed by atoms with Gasteiger partial charge in [0.1, 0.15) is 5.76 Å². The van der Waals surface area contributed by atoms with Crippen LogP contribution in [0.25, 0.3) is 6.08 Å². The van der Waals surface area contributed by atoms with Crippen LogP contribution in [0.15, 0.2) is 65.2 Å². The third-order valence-corrected chi connectivity index (χ3v) is 8.81. The second-order valence-corrected chi connectivity index (χ2v) is 11.3. The molecule has 6 nitrogen and oxygen atoms in total. The molecule has 10 heteroatoms. The van der Waals surface area contributed by atoms with E-state index in [9.17, 15) is 9.59 Å². The lowest BCUT2D eigenvalue weighted by molar-refractivity contribution is -0.143. The molecule has 1 aliphatic rings. The maximum Gasteiger partial charge on any atom is 0.338 e. The fraction of sp³-hybridized carbons (Fsp3) is 0.261. The van der Waals surface area contributed by atoms with Crippen molar-refractivity contribution in [3.8, 4) is 0 Å². The van der Waals surface area contributed by atoms with Gasteiger partial charge in [-0.15, -0.1) is 11.8 Å². The zero-order valence-electron chi connectivity index (χ0n) is 18.2. The molecule has 0 radical (unpaired) electrons. The number of hydrogen-bond donors (Lipinski definition) is 0. The van der Waals surface area contributed by atoms with E-state index in [4.69, 9.17) is 9.15 Å². The van der Waals surface area contributed by atoms with Gasteiger partial charge in [0.05, 0.1) is 32.4 Å². The molecule has 0 bridgehead atoms. The van der Waals surface area contributed by atoms with Crippen molar-refractivity contribution in [3.05, 3.63) is 80.9 Å². The van der Waals surface area contributed by atoms with Crippen LogP contribution in [0.4, 0.5) is 0 Å². The van der Waals surface area contributed by atoms with E-state index in [-0.39, 0.29) is 11.7 Å². The van der Waals surface area contributed by atoms with Crippen LogP contribution in [0.5, 0.6) is 0 Å². The van der Waals surface area contributed by atoms with Crippen molar-refractivity contribution in [2.75, 3.05) is 6.26 Å². The summed E-state index contributed by atoms with van der Waals surface area (Å²) < 4.78 is 14.8. The molecule has 1 aromatic carbocycles. The smallest absolute Gasteiger partial charge is 0.338 e. The molecule has 0 unspecified atom stereocenters. The van der Waals surface area contributed by atoms with Gasteiger partial charge >= 0.3 is 5.97 Å². The molecule has 0 fully saturated rings. The SMILES string of the molecule is CSc1ccc([C@@H]2C(C(=O)OC(C)C)=C(C)N=c3s/c(=C/c4cc(Br)c(I)o4)c(=O)n32)cc1. The van der Waals surface area contributed by atoms with E-state index in [1.807, 2.05) is 36.6 Å². The first-order chi connectivity index (χ1) is 15.7. The summed E-state index contributed by atoms with van der Waals surface area (Å²) in [6, 6.07) is 9.05. The monoisotopic (exact) mass is 658 g/mol. The molecule has 0 saturated heterocycles. The molecule has 2 aromatic heterocycles. The van der Waals surface area contributed by atoms with E-state index in [2.05, 4.69) is 43.5 Å². The number of rotatable bonds is 5. The third kappa shape index (κ3) is 4.94. The predicted octanol–water partition coefficient (Wildman–Crippen LogP) is 4.87. The first-order valence-corrected chi connectivity index (χ1v) is 13.9. The zero-order chi connectivity index (χ0) is 23.9. The molecule has 0 spiro atoms. The predicted molar refractivity (Wildman–Crippen MR) is 142 cm³/mol. The molecule has 3 heterocycles. The average molecular weight is 659 g/mol. The number of esters is 1. The van der Waals surface area contributed by atoms with Gasteiger partial charge in [-0.05, 0) is 66.7 Å². The molecule has 0 amide bonds. The third-order valence-electron chi connectivity index (χ3n) is 4.95. The Morgan fingerprint density at radius 3 is 2.64 bits per heavy atom. The van der Waals surface area contributed by atoms with Crippen molar-refractivity contribution in [1.29, 1.82) is 0 Å². The van der Waals surface area contributed by atoms with Crippen LogP contribution in [0.1, 0.15) is 38.1 Å². The molecule has 1 aliphatic heterocycles. The summed E-state index contributed by atoms with van der Waals surface area (Å²) in [6.07, 6.45) is 3.42. The number of benzene rings is 1. The molecule has 0 saturated carbocycles. The van der Waals surface area contributed by atoms with E-state index in [1.54, 1.807) is 43.2 Å². The van der Waals surface area contributed by atoms with E-state index in [0.717, 1.165) is 14.9 Å². The highest BCUT2D eigenvalue weighted by molar-refractivity contribution is 14.1. The number of ether oxygens (including phenoxy) is 1. The van der Waals surface area contributed by atoms with Gasteiger partial charge in [-0.25, -0.2) is 9.79 Å². The van der Waals surface area contributed by atoms with Gasteiger partial charge in [0.2, 0.25) is 0 Å². The lowest BCUT2D eigenvalue weighted by atomic mass is 9.96. The fourth-order valence-electron chi connectivity index (χ4n) is 3.53. The summed E-state index contributed by atoms with van der Waals surface area (Å²) in [5.41, 5.74) is 1.50. The number of thioether (sulfide) groups is 1. The van der Waals surface area contributed by atoms with Gasteiger partial charge in [-0.2, -0.15) is 0 Å². The Balaban J connectivity index is 1.93. The van der Waals surface area contributed by atoms with Crippen molar-refractivity contribution in [1.82, 2.24) is 4.57 Å². The normalized spacial score (nSPS) is 16.2. The Labute approximate surface area is 220 Å². The van der Waals surface area contributed by atoms with Crippen molar-refractivity contribution in [2.24, 2.45) is 4.99 Å². The Bertz CT molecular complexity index is 1410. The standard InChI is InChI=1S/C23H20BrIN2O4S2/c1-11(2)30-22(29)18-12(3)26-23-27(19(18)13-5-7-15(32-4)8-6-13)21(28)17(33-23)10-14-9-16(24)20(25)31-14/h5-11,19H,1-4H3/b17-10+/t19-/m1/s1. The van der Waals surface area contributed by atoms with Crippen molar-refractivity contribution >= 4 is 73.7 Å². The van der Waals surface area contributed by atoms with Crippen LogP contribution >= 0.6 is 61.6 Å². The number of thiazole rings is 1. The Hall–Kier alpha value is -1.63. The van der Waals surface area contributed by atoms with Gasteiger partial charge in [0, 0.05) is 33.6 Å². The highest BCUT2D eigenvalue weighted by Gasteiger charge is 2.33. The maximum absolute atomic E-state index is 13.6. The summed E-state index contributed by atoms with van der Waals surface area (Å²) in [6.45, 7) is 5.38. The van der Waals surface area contributed by atoms with Crippen LogP contribution in [0.3, 0.4) is 0 Å². The summed E-state index contributed by atoms with van der Waals surface area (Å²) in [5, 5.41) is 0. The number of carbonyl (C=O) groups is 1. The second kappa shape index (κ2) is 9.93. The highest BCUT2D eigenvalue weighted by atomic mass is 127. The number of aromatic nitrogens is 1. The number of furan rings is 1. The van der Waals surface area contributed by atoms with E-state index in [0.29, 0.717) is 30.1 Å². The molecule has 0 N–H and O–H groups in total. The lowest BCUT2D eigenvalue weighted by Gasteiger charge is -2.25. The highest BCUT2D eigenvalue weighted by Crippen LogP contribution is 2.32. The minimum atomic E-state index is -0.631. The van der Waals surface area contributed by atoms with Crippen molar-refractivity contribution < 1.29 is 13.9 Å². The van der Waals surface area contributed by atoms with Gasteiger partial charge in [-0.3, -0.25) is 9.36 Å². The Kier molecular flexibility index (Phi) is 7.37. The van der Waals surface area contributed by atoms with Crippen LogP contribution in [-0.4, -0.2) is 22.9 Å². The van der Waals surface area contributed by atoms with Gasteiger partial charge in [0.25, 0.3) is 5.56 Å². The first kappa shape index (κ1) is 24.5. The molecular formula is C23H20BrIN2O4S2. The fourth-order valence-corrected chi connectivity index (χ4v) is 5.68. The average Bonchev–Trinajstić information content (AvgIpc) is 3.24. The number of allylic oxidation sites excluding steroid dienone is 1. The first-order valence-electron chi connectivity index (χ1n) is 10.0. The second-order valence-electron chi connectivity index (χ2n) is 7.58. The summed E-state index contributed by atoms with van der Waals surface area (Å²) in [5.74, 6) is 0.0940. The molecule has 4 rings (SSSR count).